The standard InChI is InChI=1S/C16H16N4O2/c1-9-4-5-14-12(6-9)13(7-10(2)18-14)16(21)17-8-15-20-19-11(3)22-15/h4-7H,8H2,1-3H3,(H,17,21). The molecule has 0 spiro atoms. The van der Waals surface area contributed by atoms with Gasteiger partial charge in [-0.15, -0.1) is 10.2 Å². The van der Waals surface area contributed by atoms with Gasteiger partial charge in [-0.3, -0.25) is 9.78 Å². The summed E-state index contributed by atoms with van der Waals surface area (Å²) in [4.78, 5) is 16.9. The molecule has 0 fully saturated rings. The predicted molar refractivity (Wildman–Crippen MR) is 81.4 cm³/mol. The first kappa shape index (κ1) is 14.2. The number of pyridine rings is 1. The zero-order valence-electron chi connectivity index (χ0n) is 12.7. The highest BCUT2D eigenvalue weighted by Gasteiger charge is 2.13. The van der Waals surface area contributed by atoms with Gasteiger partial charge in [-0.25, -0.2) is 0 Å². The van der Waals surface area contributed by atoms with Crippen LogP contribution in [0.1, 0.15) is 33.4 Å². The molecule has 0 aliphatic carbocycles. The SMILES string of the molecule is Cc1ccc2nc(C)cc(C(=O)NCc3nnc(C)o3)c2c1. The molecule has 0 saturated carbocycles. The van der Waals surface area contributed by atoms with Gasteiger partial charge in [0.1, 0.15) is 0 Å². The number of benzene rings is 1. The van der Waals surface area contributed by atoms with Crippen LogP contribution in [0.15, 0.2) is 28.7 Å². The highest BCUT2D eigenvalue weighted by atomic mass is 16.4. The minimum atomic E-state index is -0.183. The lowest BCUT2D eigenvalue weighted by molar-refractivity contribution is 0.0948. The molecule has 1 amide bonds. The molecule has 0 aliphatic rings. The minimum absolute atomic E-state index is 0.183. The fraction of sp³-hybridized carbons (Fsp3) is 0.250. The van der Waals surface area contributed by atoms with E-state index in [1.165, 1.54) is 0 Å². The smallest absolute Gasteiger partial charge is 0.252 e. The van der Waals surface area contributed by atoms with E-state index in [1.807, 2.05) is 32.0 Å². The maximum atomic E-state index is 12.5. The Bertz CT molecular complexity index is 854. The van der Waals surface area contributed by atoms with Gasteiger partial charge in [0.2, 0.25) is 11.8 Å². The van der Waals surface area contributed by atoms with Crippen LogP contribution in [0.5, 0.6) is 0 Å². The fourth-order valence-electron chi connectivity index (χ4n) is 2.32. The van der Waals surface area contributed by atoms with E-state index in [9.17, 15) is 4.79 Å². The number of aromatic nitrogens is 3. The molecule has 6 nitrogen and oxygen atoms in total. The molecule has 0 unspecified atom stereocenters. The largest absolute Gasteiger partial charge is 0.424 e. The van der Waals surface area contributed by atoms with Crippen molar-refractivity contribution in [2.24, 2.45) is 0 Å². The first-order chi connectivity index (χ1) is 10.5. The zero-order valence-corrected chi connectivity index (χ0v) is 12.7. The van der Waals surface area contributed by atoms with Crippen molar-refractivity contribution in [3.8, 4) is 0 Å². The number of aryl methyl sites for hydroxylation is 3. The van der Waals surface area contributed by atoms with Gasteiger partial charge in [-0.2, -0.15) is 0 Å². The molecular formula is C16H16N4O2. The van der Waals surface area contributed by atoms with Crippen molar-refractivity contribution >= 4 is 16.8 Å². The molecule has 112 valence electrons. The normalized spacial score (nSPS) is 10.9. The Kier molecular flexibility index (Phi) is 3.58. The van der Waals surface area contributed by atoms with E-state index in [0.29, 0.717) is 17.3 Å². The van der Waals surface area contributed by atoms with Crippen LogP contribution in [0.2, 0.25) is 0 Å². The summed E-state index contributed by atoms with van der Waals surface area (Å²) < 4.78 is 5.25. The number of hydrogen-bond acceptors (Lipinski definition) is 5. The summed E-state index contributed by atoms with van der Waals surface area (Å²) in [5.41, 5.74) is 3.29. The summed E-state index contributed by atoms with van der Waals surface area (Å²) in [6, 6.07) is 7.66. The maximum Gasteiger partial charge on any atom is 0.252 e. The van der Waals surface area contributed by atoms with Crippen molar-refractivity contribution in [2.45, 2.75) is 27.3 Å². The maximum absolute atomic E-state index is 12.5. The number of nitrogens with one attached hydrogen (secondary N) is 1. The Morgan fingerprint density at radius 1 is 1.18 bits per heavy atom. The molecule has 0 atom stereocenters. The van der Waals surface area contributed by atoms with Gasteiger partial charge in [-0.05, 0) is 32.0 Å². The lowest BCUT2D eigenvalue weighted by atomic mass is 10.0. The first-order valence-corrected chi connectivity index (χ1v) is 6.98. The quantitative estimate of drug-likeness (QED) is 0.803. The topological polar surface area (TPSA) is 80.9 Å². The molecule has 0 radical (unpaired) electrons. The molecule has 3 rings (SSSR count). The highest BCUT2D eigenvalue weighted by Crippen LogP contribution is 2.20. The number of fused-ring (bicyclic) bond motifs is 1. The monoisotopic (exact) mass is 296 g/mol. The number of nitrogens with zero attached hydrogens (tertiary/aromatic N) is 3. The Balaban J connectivity index is 1.91. The summed E-state index contributed by atoms with van der Waals surface area (Å²) in [6.45, 7) is 5.77. The third-order valence-corrected chi connectivity index (χ3v) is 3.30. The van der Waals surface area contributed by atoms with Crippen molar-refractivity contribution in [1.29, 1.82) is 0 Å². The second-order valence-corrected chi connectivity index (χ2v) is 5.23. The number of carbonyl (C=O) groups excluding carboxylic acids is 1. The molecule has 1 N–H and O–H groups in total. The Morgan fingerprint density at radius 2 is 2.00 bits per heavy atom. The third-order valence-electron chi connectivity index (χ3n) is 3.30. The Labute approximate surface area is 127 Å². The van der Waals surface area contributed by atoms with Crippen LogP contribution in [0, 0.1) is 20.8 Å². The van der Waals surface area contributed by atoms with Crippen molar-refractivity contribution < 1.29 is 9.21 Å². The van der Waals surface area contributed by atoms with Gasteiger partial charge < -0.3 is 9.73 Å². The number of carbonyl (C=O) groups is 1. The van der Waals surface area contributed by atoms with Crippen molar-refractivity contribution in [3.05, 3.63) is 52.9 Å². The molecule has 1 aromatic carbocycles. The van der Waals surface area contributed by atoms with Gasteiger partial charge in [0.25, 0.3) is 5.91 Å². The molecular weight excluding hydrogens is 280 g/mol. The van der Waals surface area contributed by atoms with Crippen molar-refractivity contribution in [1.82, 2.24) is 20.5 Å². The number of rotatable bonds is 3. The summed E-state index contributed by atoms with van der Waals surface area (Å²) in [6.07, 6.45) is 0. The molecule has 0 bridgehead atoms. The van der Waals surface area contributed by atoms with E-state index in [-0.39, 0.29) is 12.5 Å². The van der Waals surface area contributed by atoms with Crippen LogP contribution >= 0.6 is 0 Å². The number of amides is 1. The van der Waals surface area contributed by atoms with Crippen LogP contribution in [0.4, 0.5) is 0 Å². The van der Waals surface area contributed by atoms with Gasteiger partial charge in [0, 0.05) is 18.0 Å². The first-order valence-electron chi connectivity index (χ1n) is 6.98. The van der Waals surface area contributed by atoms with Gasteiger partial charge in [0.15, 0.2) is 0 Å². The second-order valence-electron chi connectivity index (χ2n) is 5.23. The van der Waals surface area contributed by atoms with E-state index >= 15 is 0 Å². The molecule has 2 aromatic heterocycles. The second kappa shape index (κ2) is 5.55. The Morgan fingerprint density at radius 3 is 2.73 bits per heavy atom. The van der Waals surface area contributed by atoms with Crippen LogP contribution in [-0.4, -0.2) is 21.1 Å². The van der Waals surface area contributed by atoms with Crippen LogP contribution in [0.3, 0.4) is 0 Å². The third kappa shape index (κ3) is 2.81. The van der Waals surface area contributed by atoms with E-state index in [2.05, 4.69) is 20.5 Å². The molecule has 22 heavy (non-hydrogen) atoms. The molecule has 6 heteroatoms. The summed E-state index contributed by atoms with van der Waals surface area (Å²) in [7, 11) is 0. The Hall–Kier alpha value is -2.76. The summed E-state index contributed by atoms with van der Waals surface area (Å²) in [5.74, 6) is 0.680. The van der Waals surface area contributed by atoms with Crippen molar-refractivity contribution in [3.63, 3.8) is 0 Å². The van der Waals surface area contributed by atoms with Gasteiger partial charge in [0.05, 0.1) is 17.6 Å². The van der Waals surface area contributed by atoms with Crippen molar-refractivity contribution in [2.75, 3.05) is 0 Å². The lowest BCUT2D eigenvalue weighted by Crippen LogP contribution is -2.23. The van der Waals surface area contributed by atoms with E-state index in [1.54, 1.807) is 13.0 Å². The molecule has 0 aliphatic heterocycles. The van der Waals surface area contributed by atoms with E-state index in [4.69, 9.17) is 4.42 Å². The van der Waals surface area contributed by atoms with Gasteiger partial charge >= 0.3 is 0 Å². The molecule has 2 heterocycles. The van der Waals surface area contributed by atoms with Gasteiger partial charge in [-0.1, -0.05) is 11.6 Å². The van der Waals surface area contributed by atoms with Crippen LogP contribution in [-0.2, 0) is 6.54 Å². The van der Waals surface area contributed by atoms with E-state index < -0.39 is 0 Å². The molecule has 0 saturated heterocycles. The average Bonchev–Trinajstić information content (AvgIpc) is 2.90. The minimum Gasteiger partial charge on any atom is -0.424 e. The average molecular weight is 296 g/mol. The fourth-order valence-corrected chi connectivity index (χ4v) is 2.32. The number of hydrogen-bond donors (Lipinski definition) is 1. The van der Waals surface area contributed by atoms with Crippen LogP contribution in [0.25, 0.3) is 10.9 Å². The lowest BCUT2D eigenvalue weighted by Gasteiger charge is -2.08. The summed E-state index contributed by atoms with van der Waals surface area (Å²) >= 11 is 0. The highest BCUT2D eigenvalue weighted by molar-refractivity contribution is 6.06. The van der Waals surface area contributed by atoms with E-state index in [0.717, 1.165) is 22.2 Å². The summed E-state index contributed by atoms with van der Waals surface area (Å²) in [5, 5.41) is 11.2. The zero-order chi connectivity index (χ0) is 15.7. The predicted octanol–water partition coefficient (Wildman–Crippen LogP) is 2.47. The van der Waals surface area contributed by atoms with Crippen LogP contribution < -0.4 is 5.32 Å². The molecule has 3 aromatic rings.